The van der Waals surface area contributed by atoms with Crippen molar-refractivity contribution in [2.75, 3.05) is 18.0 Å². The van der Waals surface area contributed by atoms with E-state index < -0.39 is 0 Å². The molecule has 0 amide bonds. The number of carbonyl (C=O) groups is 1. The van der Waals surface area contributed by atoms with Gasteiger partial charge in [-0.3, -0.25) is 4.79 Å². The fourth-order valence-electron chi connectivity index (χ4n) is 2.30. The fourth-order valence-corrected chi connectivity index (χ4v) is 2.30. The van der Waals surface area contributed by atoms with Crippen molar-refractivity contribution in [2.24, 2.45) is 5.92 Å². The number of para-hydroxylation sites is 1. The summed E-state index contributed by atoms with van der Waals surface area (Å²) in [6.07, 6.45) is 3.55. The zero-order chi connectivity index (χ0) is 12.3. The minimum absolute atomic E-state index is 0.130. The van der Waals surface area contributed by atoms with Crippen LogP contribution >= 0.6 is 0 Å². The van der Waals surface area contributed by atoms with Crippen LogP contribution in [-0.4, -0.2) is 18.9 Å². The number of rotatable bonds is 3. The van der Waals surface area contributed by atoms with Crippen LogP contribution in [0.3, 0.4) is 0 Å². The Morgan fingerprint density at radius 1 is 1.29 bits per heavy atom. The van der Waals surface area contributed by atoms with Gasteiger partial charge in [0.25, 0.3) is 0 Å². The Morgan fingerprint density at radius 2 is 2.06 bits per heavy atom. The van der Waals surface area contributed by atoms with Crippen LogP contribution in [0.15, 0.2) is 24.3 Å². The van der Waals surface area contributed by atoms with Crippen LogP contribution in [0.4, 0.5) is 5.69 Å². The minimum Gasteiger partial charge on any atom is -0.364 e. The molecule has 0 bridgehead atoms. The zero-order valence-electron chi connectivity index (χ0n) is 10.8. The molecule has 0 saturated heterocycles. The van der Waals surface area contributed by atoms with Gasteiger partial charge in [-0.05, 0) is 30.9 Å². The molecule has 0 atom stereocenters. The number of benzene rings is 1. The van der Waals surface area contributed by atoms with Crippen molar-refractivity contribution in [3.8, 4) is 0 Å². The maximum Gasteiger partial charge on any atom is 0.154 e. The largest absolute Gasteiger partial charge is 0.364 e. The smallest absolute Gasteiger partial charge is 0.154 e. The van der Waals surface area contributed by atoms with E-state index in [-0.39, 0.29) is 5.92 Å². The van der Waals surface area contributed by atoms with Gasteiger partial charge < -0.3 is 4.90 Å². The van der Waals surface area contributed by atoms with Crippen molar-refractivity contribution in [3.63, 3.8) is 0 Å². The van der Waals surface area contributed by atoms with E-state index in [0.717, 1.165) is 13.0 Å². The molecule has 1 heterocycles. The first-order chi connectivity index (χ1) is 8.18. The Morgan fingerprint density at radius 3 is 2.82 bits per heavy atom. The van der Waals surface area contributed by atoms with E-state index in [1.54, 1.807) is 0 Å². The van der Waals surface area contributed by atoms with Crippen LogP contribution in [0, 0.1) is 5.92 Å². The zero-order valence-corrected chi connectivity index (χ0v) is 10.8. The second-order valence-electron chi connectivity index (χ2n) is 5.13. The second-order valence-corrected chi connectivity index (χ2v) is 5.13. The number of fused-ring (bicyclic) bond motifs is 1. The first-order valence-electron chi connectivity index (χ1n) is 6.54. The molecule has 0 saturated carbocycles. The first kappa shape index (κ1) is 12.2. The van der Waals surface area contributed by atoms with Gasteiger partial charge in [0, 0.05) is 18.2 Å². The normalized spacial score (nSPS) is 15.6. The third-order valence-corrected chi connectivity index (χ3v) is 3.45. The monoisotopic (exact) mass is 231 g/mol. The van der Waals surface area contributed by atoms with Gasteiger partial charge in [0.1, 0.15) is 0 Å². The molecule has 0 unspecified atom stereocenters. The number of nitrogens with zero attached hydrogens (tertiary/aromatic N) is 1. The van der Waals surface area contributed by atoms with E-state index in [4.69, 9.17) is 0 Å². The molecule has 2 heteroatoms. The highest BCUT2D eigenvalue weighted by Crippen LogP contribution is 2.26. The highest BCUT2D eigenvalue weighted by atomic mass is 16.1. The van der Waals surface area contributed by atoms with E-state index >= 15 is 0 Å². The molecule has 0 spiro atoms. The molecule has 1 aliphatic heterocycles. The lowest BCUT2D eigenvalue weighted by molar-refractivity contribution is -0.120. The third-order valence-electron chi connectivity index (χ3n) is 3.45. The molecule has 2 nitrogen and oxygen atoms in total. The summed E-state index contributed by atoms with van der Waals surface area (Å²) < 4.78 is 0. The Labute approximate surface area is 104 Å². The Balaban J connectivity index is 2.20. The third kappa shape index (κ3) is 2.87. The summed E-state index contributed by atoms with van der Waals surface area (Å²) in [6, 6.07) is 8.49. The molecule has 1 aromatic rings. The molecule has 92 valence electrons. The summed E-state index contributed by atoms with van der Waals surface area (Å²) in [4.78, 5) is 14.1. The van der Waals surface area contributed by atoms with Crippen LogP contribution < -0.4 is 4.90 Å². The number of hydrogen-bond donors (Lipinski definition) is 0. The highest BCUT2D eigenvalue weighted by Gasteiger charge is 2.18. The van der Waals surface area contributed by atoms with Gasteiger partial charge >= 0.3 is 0 Å². The van der Waals surface area contributed by atoms with Gasteiger partial charge in [0.05, 0.1) is 6.54 Å². The highest BCUT2D eigenvalue weighted by molar-refractivity contribution is 5.85. The van der Waals surface area contributed by atoms with Crippen LogP contribution in [0.25, 0.3) is 0 Å². The predicted octanol–water partition coefficient (Wildman–Crippen LogP) is 3.05. The van der Waals surface area contributed by atoms with E-state index in [1.807, 2.05) is 13.8 Å². The molecule has 0 fully saturated rings. The lowest BCUT2D eigenvalue weighted by Crippen LogP contribution is -2.32. The van der Waals surface area contributed by atoms with E-state index in [9.17, 15) is 4.79 Å². The topological polar surface area (TPSA) is 20.3 Å². The lowest BCUT2D eigenvalue weighted by Gasteiger charge is -2.24. The van der Waals surface area contributed by atoms with Crippen molar-refractivity contribution < 1.29 is 4.79 Å². The standard InChI is InChI=1S/C15H21NO/c1-12(2)15(17)11-16-10-6-5-8-13-7-3-4-9-14(13)16/h3-4,7,9,12H,5-6,8,10-11H2,1-2H3. The fraction of sp³-hybridized carbons (Fsp3) is 0.533. The van der Waals surface area contributed by atoms with Crippen LogP contribution in [-0.2, 0) is 11.2 Å². The van der Waals surface area contributed by atoms with Crippen LogP contribution in [0.5, 0.6) is 0 Å². The van der Waals surface area contributed by atoms with Crippen molar-refractivity contribution in [1.82, 2.24) is 0 Å². The quantitative estimate of drug-likeness (QED) is 0.797. The number of carbonyl (C=O) groups excluding carboxylic acids is 1. The number of aryl methyl sites for hydroxylation is 1. The van der Waals surface area contributed by atoms with Crippen LogP contribution in [0.2, 0.25) is 0 Å². The Bertz CT molecular complexity index is 398. The van der Waals surface area contributed by atoms with E-state index in [2.05, 4.69) is 29.2 Å². The second kappa shape index (κ2) is 5.35. The molecule has 0 radical (unpaired) electrons. The van der Waals surface area contributed by atoms with Crippen molar-refractivity contribution in [2.45, 2.75) is 33.1 Å². The summed E-state index contributed by atoms with van der Waals surface area (Å²) in [7, 11) is 0. The van der Waals surface area contributed by atoms with Crippen molar-refractivity contribution >= 4 is 11.5 Å². The first-order valence-corrected chi connectivity index (χ1v) is 6.54. The molecular formula is C15H21NO. The maximum atomic E-state index is 11.9. The van der Waals surface area contributed by atoms with Crippen molar-refractivity contribution in [1.29, 1.82) is 0 Å². The average Bonchev–Trinajstić information content (AvgIpc) is 2.52. The summed E-state index contributed by atoms with van der Waals surface area (Å²) in [5.41, 5.74) is 2.65. The molecular weight excluding hydrogens is 210 g/mol. The number of ketones is 1. The average molecular weight is 231 g/mol. The van der Waals surface area contributed by atoms with Crippen LogP contribution in [0.1, 0.15) is 32.3 Å². The number of anilines is 1. The summed E-state index contributed by atoms with van der Waals surface area (Å²) in [5, 5.41) is 0. The number of hydrogen-bond acceptors (Lipinski definition) is 2. The molecule has 0 aromatic heterocycles. The Kier molecular flexibility index (Phi) is 3.82. The minimum atomic E-state index is 0.130. The Hall–Kier alpha value is -1.31. The van der Waals surface area contributed by atoms with E-state index in [0.29, 0.717) is 12.3 Å². The molecule has 1 aromatic carbocycles. The van der Waals surface area contributed by atoms with Gasteiger partial charge in [-0.1, -0.05) is 32.0 Å². The van der Waals surface area contributed by atoms with Gasteiger partial charge in [-0.25, -0.2) is 0 Å². The maximum absolute atomic E-state index is 11.9. The predicted molar refractivity (Wildman–Crippen MR) is 71.4 cm³/mol. The SMILES string of the molecule is CC(C)C(=O)CN1CCCCc2ccccc21. The van der Waals surface area contributed by atoms with Crippen molar-refractivity contribution in [3.05, 3.63) is 29.8 Å². The van der Waals surface area contributed by atoms with Gasteiger partial charge in [-0.2, -0.15) is 0 Å². The van der Waals surface area contributed by atoms with E-state index in [1.165, 1.54) is 24.1 Å². The molecule has 17 heavy (non-hydrogen) atoms. The summed E-state index contributed by atoms with van der Waals surface area (Å²) in [5.74, 6) is 0.465. The summed E-state index contributed by atoms with van der Waals surface area (Å²) >= 11 is 0. The molecule has 1 aliphatic rings. The molecule has 2 rings (SSSR count). The van der Waals surface area contributed by atoms with Gasteiger partial charge in [-0.15, -0.1) is 0 Å². The van der Waals surface area contributed by atoms with Gasteiger partial charge in [0.2, 0.25) is 0 Å². The molecule has 0 aliphatic carbocycles. The summed E-state index contributed by atoms with van der Waals surface area (Å²) in [6.45, 7) is 5.53. The molecule has 0 N–H and O–H groups in total. The number of Topliss-reactive ketones (excluding diaryl/α,β-unsaturated/α-hetero) is 1. The van der Waals surface area contributed by atoms with Gasteiger partial charge in [0.15, 0.2) is 5.78 Å². The lowest BCUT2D eigenvalue weighted by atomic mass is 10.1.